The van der Waals surface area contributed by atoms with Gasteiger partial charge in [0.15, 0.2) is 0 Å². The third-order valence-corrected chi connectivity index (χ3v) is 0. The maximum Gasteiger partial charge on any atom is 1.00 e. The first kappa shape index (κ1) is 52.1. The molecule has 0 fully saturated rings. The summed E-state index contributed by atoms with van der Waals surface area (Å²) in [6.07, 6.45) is 0. The Hall–Kier alpha value is 2.43. The minimum atomic E-state index is 0. The summed E-state index contributed by atoms with van der Waals surface area (Å²) in [5, 5.41) is 0. The summed E-state index contributed by atoms with van der Waals surface area (Å²) in [6.45, 7) is 0. The smallest absolute Gasteiger partial charge is 0.870 e. The van der Waals surface area contributed by atoms with Gasteiger partial charge in [-0.1, -0.05) is 0 Å². The van der Waals surface area contributed by atoms with Crippen LogP contribution in [0.3, 0.4) is 0 Å². The molecule has 0 bridgehead atoms. The van der Waals surface area contributed by atoms with Crippen LogP contribution in [0.5, 0.6) is 0 Å². The van der Waals surface area contributed by atoms with E-state index in [1.165, 1.54) is 0 Å². The molecule has 5 N–H and O–H groups in total. The Balaban J connectivity index is 0. The van der Waals surface area contributed by atoms with Crippen LogP contribution in [0, 0.1) is 0 Å². The number of hydrogen-bond donors (Lipinski definition) is 0. The predicted octanol–water partition coefficient (Wildman–Crippen LogP) is -4.82. The van der Waals surface area contributed by atoms with E-state index in [9.17, 15) is 0 Å². The van der Waals surface area contributed by atoms with Gasteiger partial charge in [0, 0.05) is 22.4 Å². The summed E-state index contributed by atoms with van der Waals surface area (Å²) in [6, 6.07) is 0. The Bertz CT molecular complexity index is 6.85. The molecule has 3 nitrogen and oxygen atoms in total. The molecule has 0 heterocycles. The van der Waals surface area contributed by atoms with E-state index < -0.39 is 0 Å². The van der Waals surface area contributed by atoms with Gasteiger partial charge in [0.2, 0.25) is 0 Å². The van der Waals surface area contributed by atoms with Crippen molar-refractivity contribution in [3.05, 3.63) is 0 Å². The van der Waals surface area contributed by atoms with Crippen LogP contribution in [0.25, 0.3) is 0 Å². The molecule has 1 radical (unpaired) electrons. The molecule has 5 heavy (non-hydrogen) atoms. The van der Waals surface area contributed by atoms with E-state index in [1.807, 2.05) is 0 Å². The van der Waals surface area contributed by atoms with Crippen LogP contribution in [-0.2, 0) is 22.4 Å². The van der Waals surface area contributed by atoms with Gasteiger partial charge in [-0.15, -0.1) is 0 Å². The van der Waals surface area contributed by atoms with Gasteiger partial charge in [0.05, 0.1) is 0 Å². The standard InChI is InChI=1S/Nb.3H2O.Rb/h;3*1H2;/q;;;;+1/p-1. The molecule has 0 aliphatic rings. The van der Waals surface area contributed by atoms with Gasteiger partial charge >= 0.3 is 58.2 Å². The molecule has 0 atom stereocenters. The van der Waals surface area contributed by atoms with Gasteiger partial charge in [0.25, 0.3) is 0 Å². The number of hydrogen-bond acceptors (Lipinski definition) is 1. The second-order valence-corrected chi connectivity index (χ2v) is 0. The van der Waals surface area contributed by atoms with Crippen molar-refractivity contribution in [2.24, 2.45) is 0 Å². The minimum absolute atomic E-state index is 0. The van der Waals surface area contributed by atoms with Crippen LogP contribution < -0.4 is 58.2 Å². The fourth-order valence-corrected chi connectivity index (χ4v) is 0. The first-order valence-corrected chi connectivity index (χ1v) is 0. The van der Waals surface area contributed by atoms with E-state index in [0.717, 1.165) is 0 Å². The summed E-state index contributed by atoms with van der Waals surface area (Å²) in [5.41, 5.74) is 0. The Labute approximate surface area is 94.7 Å². The Kier molecular flexibility index (Phi) is 335. The monoisotopic (exact) mass is 231 g/mol. The van der Waals surface area contributed by atoms with Crippen molar-refractivity contribution < 1.29 is 97.0 Å². The third-order valence-electron chi connectivity index (χ3n) is 0. The van der Waals surface area contributed by atoms with Crippen LogP contribution in [0.15, 0.2) is 0 Å². The zero-order chi connectivity index (χ0) is 0. The first-order chi connectivity index (χ1) is 0. The fourth-order valence-electron chi connectivity index (χ4n) is 0. The molecule has 0 spiro atoms. The molecular weight excluding hydrogens is 226 g/mol. The Morgan fingerprint density at radius 3 is 0.800 bits per heavy atom. The Morgan fingerprint density at radius 2 is 0.800 bits per heavy atom. The summed E-state index contributed by atoms with van der Waals surface area (Å²) < 4.78 is 0. The summed E-state index contributed by atoms with van der Waals surface area (Å²) in [4.78, 5) is 0. The zero-order valence-electron chi connectivity index (χ0n) is 2.89. The molecular formula is H5NbO3Rb. The Morgan fingerprint density at radius 1 is 0.800 bits per heavy atom. The van der Waals surface area contributed by atoms with Crippen LogP contribution in [0.4, 0.5) is 0 Å². The van der Waals surface area contributed by atoms with Crippen LogP contribution in [0.1, 0.15) is 0 Å². The molecule has 0 rings (SSSR count). The molecule has 0 saturated heterocycles. The second-order valence-electron chi connectivity index (χ2n) is 0. The van der Waals surface area contributed by atoms with Gasteiger partial charge in [0.1, 0.15) is 0 Å². The van der Waals surface area contributed by atoms with E-state index in [1.54, 1.807) is 0 Å². The van der Waals surface area contributed by atoms with Crippen molar-refractivity contribution >= 4 is 0 Å². The topological polar surface area (TPSA) is 93.0 Å². The number of rotatable bonds is 0. The zero-order valence-corrected chi connectivity index (χ0v) is 10.0. The largest absolute Gasteiger partial charge is 1.00 e. The minimum Gasteiger partial charge on any atom is -0.870 e. The quantitative estimate of drug-likeness (QED) is 0.384. The van der Waals surface area contributed by atoms with Crippen LogP contribution in [-0.4, -0.2) is 16.4 Å². The van der Waals surface area contributed by atoms with Crippen LogP contribution >= 0.6 is 0 Å². The van der Waals surface area contributed by atoms with Crippen molar-refractivity contribution in [3.63, 3.8) is 0 Å². The average Bonchev–Trinajstić information content (AvgIpc) is 0. The van der Waals surface area contributed by atoms with E-state index in [4.69, 9.17) is 0 Å². The van der Waals surface area contributed by atoms with Gasteiger partial charge in [-0.05, 0) is 0 Å². The molecule has 0 amide bonds. The second kappa shape index (κ2) is 32.2. The van der Waals surface area contributed by atoms with Crippen molar-refractivity contribution in [2.45, 2.75) is 0 Å². The predicted molar refractivity (Wildman–Crippen MR) is 9.16 cm³/mol. The molecule has 0 aromatic carbocycles. The van der Waals surface area contributed by atoms with E-state index in [0.29, 0.717) is 0 Å². The van der Waals surface area contributed by atoms with E-state index in [2.05, 4.69) is 0 Å². The summed E-state index contributed by atoms with van der Waals surface area (Å²) in [5.74, 6) is 0. The maximum atomic E-state index is 0. The SMILES string of the molecule is O.O.[Nb].[OH-].[Rb+]. The van der Waals surface area contributed by atoms with Crippen molar-refractivity contribution in [1.82, 2.24) is 0 Å². The average molecular weight is 231 g/mol. The molecule has 29 valence electrons. The third kappa shape index (κ3) is 21.4. The van der Waals surface area contributed by atoms with E-state index in [-0.39, 0.29) is 97.0 Å². The van der Waals surface area contributed by atoms with Gasteiger partial charge in [-0.2, -0.15) is 0 Å². The summed E-state index contributed by atoms with van der Waals surface area (Å²) in [7, 11) is 0. The normalized spacial score (nSPS) is 0. The van der Waals surface area contributed by atoms with Gasteiger partial charge in [-0.25, -0.2) is 0 Å². The van der Waals surface area contributed by atoms with Crippen LogP contribution in [0.2, 0.25) is 0 Å². The maximum absolute atomic E-state index is 0. The molecule has 0 aromatic heterocycles. The molecule has 0 unspecified atom stereocenters. The fraction of sp³-hybridized carbons (Fsp3) is 0. The molecule has 0 aliphatic heterocycles. The van der Waals surface area contributed by atoms with Crippen molar-refractivity contribution in [1.29, 1.82) is 0 Å². The van der Waals surface area contributed by atoms with Crippen molar-refractivity contribution in [3.8, 4) is 0 Å². The molecule has 0 saturated carbocycles. The van der Waals surface area contributed by atoms with E-state index >= 15 is 0 Å². The molecule has 0 aliphatic carbocycles. The van der Waals surface area contributed by atoms with Gasteiger partial charge in [-0.3, -0.25) is 0 Å². The molecule has 5 heteroatoms. The van der Waals surface area contributed by atoms with Gasteiger partial charge < -0.3 is 16.4 Å². The van der Waals surface area contributed by atoms with Crippen molar-refractivity contribution in [2.75, 3.05) is 0 Å². The molecule has 0 aromatic rings. The summed E-state index contributed by atoms with van der Waals surface area (Å²) >= 11 is 0. The first-order valence-electron chi connectivity index (χ1n) is 0.